The quantitative estimate of drug-likeness (QED) is 0.687. The van der Waals surface area contributed by atoms with Crippen LogP contribution in [0.15, 0.2) is 24.3 Å². The highest BCUT2D eigenvalue weighted by Crippen LogP contribution is 2.25. The van der Waals surface area contributed by atoms with E-state index < -0.39 is 12.5 Å². The second-order valence-corrected chi connectivity index (χ2v) is 6.25. The van der Waals surface area contributed by atoms with Crippen molar-refractivity contribution in [2.75, 3.05) is 26.2 Å². The summed E-state index contributed by atoms with van der Waals surface area (Å²) in [6, 6.07) is 5.92. The van der Waals surface area contributed by atoms with Gasteiger partial charge in [0.05, 0.1) is 11.5 Å². The molecule has 1 aliphatic rings. The lowest BCUT2D eigenvalue weighted by Crippen LogP contribution is -2.45. The molecule has 1 unspecified atom stereocenters. The molecule has 0 saturated carbocycles. The molecule has 1 atom stereocenters. The highest BCUT2D eigenvalue weighted by atomic mass is 19.3. The number of para-hydroxylation sites is 1. The number of nitrogens with one attached hydrogen (secondary N) is 1. The lowest BCUT2D eigenvalue weighted by molar-refractivity contribution is -0.126. The molecule has 2 amide bonds. The van der Waals surface area contributed by atoms with Crippen molar-refractivity contribution >= 4 is 11.8 Å². The van der Waals surface area contributed by atoms with Crippen LogP contribution in [-0.4, -0.2) is 49.5 Å². The van der Waals surface area contributed by atoms with Gasteiger partial charge in [0, 0.05) is 19.6 Å². The van der Waals surface area contributed by atoms with Crippen molar-refractivity contribution in [3.8, 4) is 5.75 Å². The molecule has 1 heterocycles. The highest BCUT2D eigenvalue weighted by Gasteiger charge is 2.30. The number of rotatable bonds is 8. The molecule has 1 fully saturated rings. The van der Waals surface area contributed by atoms with Crippen LogP contribution in [0.4, 0.5) is 8.78 Å². The highest BCUT2D eigenvalue weighted by molar-refractivity contribution is 5.97. The van der Waals surface area contributed by atoms with E-state index in [1.165, 1.54) is 23.1 Å². The van der Waals surface area contributed by atoms with Crippen LogP contribution in [0.25, 0.3) is 0 Å². The first-order valence-corrected chi connectivity index (χ1v) is 8.83. The van der Waals surface area contributed by atoms with Crippen LogP contribution in [0, 0.1) is 5.92 Å². The molecule has 0 aromatic heterocycles. The van der Waals surface area contributed by atoms with Crippen molar-refractivity contribution in [2.45, 2.75) is 32.3 Å². The Kier molecular flexibility index (Phi) is 7.77. The fraction of sp³-hybridized carbons (Fsp3) is 0.556. The van der Waals surface area contributed by atoms with Crippen LogP contribution in [-0.2, 0) is 4.79 Å². The first-order valence-electron chi connectivity index (χ1n) is 8.83. The summed E-state index contributed by atoms with van der Waals surface area (Å²) in [5.41, 5.74) is 5.50. The van der Waals surface area contributed by atoms with Crippen molar-refractivity contribution < 1.29 is 23.1 Å². The fourth-order valence-corrected chi connectivity index (χ4v) is 3.01. The zero-order chi connectivity index (χ0) is 18.9. The molecule has 0 radical (unpaired) electrons. The standard InChI is InChI=1S/C18H25F2N3O3/c19-18(20)26-15-8-2-1-7-14(15)17(25)23-11-5-6-13(12-23)16(24)22-10-4-3-9-21/h1-2,7-8,13,18H,3-6,9-12,21H2,(H,22,24). The molecule has 26 heavy (non-hydrogen) atoms. The molecule has 144 valence electrons. The number of nitrogens with two attached hydrogens (primary N) is 1. The van der Waals surface area contributed by atoms with Crippen LogP contribution in [0.5, 0.6) is 5.75 Å². The van der Waals surface area contributed by atoms with Crippen molar-refractivity contribution in [2.24, 2.45) is 11.7 Å². The minimum absolute atomic E-state index is 0.0804. The van der Waals surface area contributed by atoms with E-state index in [1.54, 1.807) is 6.07 Å². The molecule has 1 aromatic rings. The van der Waals surface area contributed by atoms with Crippen LogP contribution >= 0.6 is 0 Å². The Morgan fingerprint density at radius 3 is 2.81 bits per heavy atom. The van der Waals surface area contributed by atoms with E-state index in [0.29, 0.717) is 32.5 Å². The summed E-state index contributed by atoms with van der Waals surface area (Å²) in [4.78, 5) is 26.5. The van der Waals surface area contributed by atoms with Gasteiger partial charge in [0.1, 0.15) is 5.75 Å². The van der Waals surface area contributed by atoms with Crippen LogP contribution in [0.1, 0.15) is 36.0 Å². The van der Waals surface area contributed by atoms with Gasteiger partial charge in [0.25, 0.3) is 5.91 Å². The SMILES string of the molecule is NCCCCNC(=O)C1CCCN(C(=O)c2ccccc2OC(F)F)C1. The summed E-state index contributed by atoms with van der Waals surface area (Å²) < 4.78 is 29.5. The third-order valence-electron chi connectivity index (χ3n) is 4.34. The molecular formula is C18H25F2N3O3. The van der Waals surface area contributed by atoms with E-state index in [4.69, 9.17) is 5.73 Å². The van der Waals surface area contributed by atoms with E-state index in [1.807, 2.05) is 0 Å². The van der Waals surface area contributed by atoms with Gasteiger partial charge < -0.3 is 20.7 Å². The summed E-state index contributed by atoms with van der Waals surface area (Å²) in [7, 11) is 0. The monoisotopic (exact) mass is 369 g/mol. The molecule has 0 aliphatic carbocycles. The smallest absolute Gasteiger partial charge is 0.387 e. The molecular weight excluding hydrogens is 344 g/mol. The van der Waals surface area contributed by atoms with Gasteiger partial charge in [0.15, 0.2) is 0 Å². The van der Waals surface area contributed by atoms with E-state index >= 15 is 0 Å². The predicted molar refractivity (Wildman–Crippen MR) is 93.0 cm³/mol. The Hall–Kier alpha value is -2.22. The van der Waals surface area contributed by atoms with Crippen molar-refractivity contribution in [3.05, 3.63) is 29.8 Å². The van der Waals surface area contributed by atoms with Crippen LogP contribution < -0.4 is 15.8 Å². The van der Waals surface area contributed by atoms with Gasteiger partial charge in [-0.05, 0) is 44.4 Å². The maximum Gasteiger partial charge on any atom is 0.387 e. The molecule has 1 saturated heterocycles. The fourth-order valence-electron chi connectivity index (χ4n) is 3.01. The number of likely N-dealkylation sites (tertiary alicyclic amines) is 1. The van der Waals surface area contributed by atoms with Crippen molar-refractivity contribution in [3.63, 3.8) is 0 Å². The number of piperidine rings is 1. The van der Waals surface area contributed by atoms with E-state index in [-0.39, 0.29) is 29.7 Å². The van der Waals surface area contributed by atoms with E-state index in [9.17, 15) is 18.4 Å². The summed E-state index contributed by atoms with van der Waals surface area (Å²) >= 11 is 0. The Morgan fingerprint density at radius 1 is 1.31 bits per heavy atom. The third kappa shape index (κ3) is 5.66. The molecule has 3 N–H and O–H groups in total. The minimum Gasteiger partial charge on any atom is -0.434 e. The number of halogens is 2. The lowest BCUT2D eigenvalue weighted by Gasteiger charge is -2.32. The number of ether oxygens (including phenoxy) is 1. The molecule has 0 bridgehead atoms. The number of alkyl halides is 2. The van der Waals surface area contributed by atoms with Gasteiger partial charge in [-0.15, -0.1) is 0 Å². The molecule has 6 nitrogen and oxygen atoms in total. The summed E-state index contributed by atoms with van der Waals surface area (Å²) in [5, 5.41) is 2.87. The molecule has 0 spiro atoms. The average molecular weight is 369 g/mol. The largest absolute Gasteiger partial charge is 0.434 e. The number of hydrogen-bond acceptors (Lipinski definition) is 4. The van der Waals surface area contributed by atoms with Gasteiger partial charge in [0.2, 0.25) is 5.91 Å². The average Bonchev–Trinajstić information content (AvgIpc) is 2.64. The maximum absolute atomic E-state index is 12.7. The second-order valence-electron chi connectivity index (χ2n) is 6.25. The number of unbranched alkanes of at least 4 members (excludes halogenated alkanes) is 1. The second kappa shape index (κ2) is 10.1. The van der Waals surface area contributed by atoms with Crippen molar-refractivity contribution in [1.82, 2.24) is 10.2 Å². The van der Waals surface area contributed by atoms with Crippen LogP contribution in [0.3, 0.4) is 0 Å². The number of hydrogen-bond donors (Lipinski definition) is 2. The first-order chi connectivity index (χ1) is 12.5. The minimum atomic E-state index is -3.00. The van der Waals surface area contributed by atoms with E-state index in [0.717, 1.165) is 12.8 Å². The van der Waals surface area contributed by atoms with Gasteiger partial charge in [-0.25, -0.2) is 0 Å². The lowest BCUT2D eigenvalue weighted by atomic mass is 9.96. The molecule has 8 heteroatoms. The molecule has 1 aliphatic heterocycles. The van der Waals surface area contributed by atoms with Gasteiger partial charge in [-0.1, -0.05) is 12.1 Å². The Balaban J connectivity index is 1.98. The van der Waals surface area contributed by atoms with Gasteiger partial charge in [-0.2, -0.15) is 8.78 Å². The zero-order valence-electron chi connectivity index (χ0n) is 14.6. The summed E-state index contributed by atoms with van der Waals surface area (Å²) in [6.45, 7) is -1.10. The number of benzene rings is 1. The summed E-state index contributed by atoms with van der Waals surface area (Å²) in [5.74, 6) is -0.937. The Bertz CT molecular complexity index is 613. The van der Waals surface area contributed by atoms with Crippen LogP contribution in [0.2, 0.25) is 0 Å². The van der Waals surface area contributed by atoms with Crippen molar-refractivity contribution in [1.29, 1.82) is 0 Å². The zero-order valence-corrected chi connectivity index (χ0v) is 14.6. The predicted octanol–water partition coefficient (Wildman–Crippen LogP) is 2.00. The summed E-state index contributed by atoms with van der Waals surface area (Å²) in [6.07, 6.45) is 3.04. The number of amides is 2. The van der Waals surface area contributed by atoms with Gasteiger partial charge in [-0.3, -0.25) is 9.59 Å². The maximum atomic E-state index is 12.7. The topological polar surface area (TPSA) is 84.7 Å². The first kappa shape index (κ1) is 20.1. The number of carbonyl (C=O) groups is 2. The number of nitrogens with zero attached hydrogens (tertiary/aromatic N) is 1. The Morgan fingerprint density at radius 2 is 2.08 bits per heavy atom. The molecule has 1 aromatic carbocycles. The number of carbonyl (C=O) groups excluding carboxylic acids is 2. The van der Waals surface area contributed by atoms with E-state index in [2.05, 4.69) is 10.1 Å². The van der Waals surface area contributed by atoms with Gasteiger partial charge >= 0.3 is 6.61 Å². The normalized spacial score (nSPS) is 17.2. The molecule has 2 rings (SSSR count). The Labute approximate surface area is 151 Å². The third-order valence-corrected chi connectivity index (χ3v) is 4.34.